The first-order chi connectivity index (χ1) is 9.80. The number of amides is 1. The maximum absolute atomic E-state index is 12.0. The number of hydrogen-bond donors (Lipinski definition) is 3. The minimum Gasteiger partial charge on any atom is -0.467 e. The van der Waals surface area contributed by atoms with Crippen molar-refractivity contribution in [3.63, 3.8) is 0 Å². The molecular weight excluding hydrogens is 278 g/mol. The molecule has 1 unspecified atom stereocenters. The highest BCUT2D eigenvalue weighted by atomic mass is 16.5. The van der Waals surface area contributed by atoms with E-state index in [1.165, 1.54) is 7.11 Å². The van der Waals surface area contributed by atoms with Gasteiger partial charge in [-0.2, -0.15) is 0 Å². The van der Waals surface area contributed by atoms with Crippen molar-refractivity contribution in [1.29, 1.82) is 0 Å². The summed E-state index contributed by atoms with van der Waals surface area (Å²) in [5.41, 5.74) is -2.24. The molecule has 0 saturated heterocycles. The van der Waals surface area contributed by atoms with Crippen LogP contribution in [0, 0.1) is 0 Å². The lowest BCUT2D eigenvalue weighted by atomic mass is 9.96. The van der Waals surface area contributed by atoms with Crippen molar-refractivity contribution >= 4 is 11.9 Å². The van der Waals surface area contributed by atoms with Crippen LogP contribution >= 0.6 is 0 Å². The Labute approximate surface area is 120 Å². The van der Waals surface area contributed by atoms with Gasteiger partial charge in [-0.05, 0) is 13.3 Å². The Balaban J connectivity index is 2.85. The van der Waals surface area contributed by atoms with Crippen molar-refractivity contribution < 1.29 is 14.3 Å². The van der Waals surface area contributed by atoms with Crippen LogP contribution in [0.1, 0.15) is 32.4 Å². The number of carbonyl (C=O) groups excluding carboxylic acids is 2. The van der Waals surface area contributed by atoms with Gasteiger partial charge < -0.3 is 15.0 Å². The standard InChI is InChI=1S/C13H19N3O5/c1-4-5-13(2,11(19)21-3)16-10(18)7-8-6-9(17)15-12(20)14-8/h6H,4-5,7H2,1-3H3,(H,16,18)(H2,14,15,17,20). The highest BCUT2D eigenvalue weighted by molar-refractivity contribution is 5.88. The zero-order chi connectivity index (χ0) is 16.0. The minimum atomic E-state index is -1.14. The third-order valence-corrected chi connectivity index (χ3v) is 2.97. The monoisotopic (exact) mass is 297 g/mol. The summed E-state index contributed by atoms with van der Waals surface area (Å²) in [4.78, 5) is 50.4. The van der Waals surface area contributed by atoms with Gasteiger partial charge in [-0.1, -0.05) is 13.3 Å². The van der Waals surface area contributed by atoms with E-state index in [9.17, 15) is 19.2 Å². The van der Waals surface area contributed by atoms with Crippen molar-refractivity contribution in [3.05, 3.63) is 32.6 Å². The number of H-pyrrole nitrogens is 2. The van der Waals surface area contributed by atoms with E-state index in [0.717, 1.165) is 6.07 Å². The molecule has 0 bridgehead atoms. The van der Waals surface area contributed by atoms with Crippen LogP contribution in [0.3, 0.4) is 0 Å². The van der Waals surface area contributed by atoms with Crippen LogP contribution in [0.4, 0.5) is 0 Å². The van der Waals surface area contributed by atoms with Crippen LogP contribution in [0.15, 0.2) is 15.7 Å². The molecule has 1 aromatic rings. The van der Waals surface area contributed by atoms with Crippen LogP contribution in [-0.4, -0.2) is 34.5 Å². The molecule has 1 aromatic heterocycles. The summed E-state index contributed by atoms with van der Waals surface area (Å²) in [5, 5.41) is 2.58. The van der Waals surface area contributed by atoms with Gasteiger partial charge >= 0.3 is 11.7 Å². The number of ether oxygens (including phenoxy) is 1. The number of carbonyl (C=O) groups is 2. The Morgan fingerprint density at radius 2 is 2.00 bits per heavy atom. The number of aromatic amines is 2. The molecule has 3 N–H and O–H groups in total. The fourth-order valence-corrected chi connectivity index (χ4v) is 2.08. The van der Waals surface area contributed by atoms with E-state index in [4.69, 9.17) is 4.74 Å². The first kappa shape index (κ1) is 16.7. The summed E-state index contributed by atoms with van der Waals surface area (Å²) in [6.07, 6.45) is 0.875. The number of methoxy groups -OCH3 is 1. The molecule has 0 aliphatic rings. The van der Waals surface area contributed by atoms with Gasteiger partial charge in [0.2, 0.25) is 5.91 Å². The lowest BCUT2D eigenvalue weighted by Gasteiger charge is -2.27. The predicted octanol–water partition coefficient (Wildman–Crippen LogP) is -0.546. The molecule has 8 heteroatoms. The highest BCUT2D eigenvalue weighted by Crippen LogP contribution is 2.14. The van der Waals surface area contributed by atoms with Gasteiger partial charge in [0, 0.05) is 11.8 Å². The van der Waals surface area contributed by atoms with Gasteiger partial charge in [0.15, 0.2) is 0 Å². The average molecular weight is 297 g/mol. The number of esters is 1. The van der Waals surface area contributed by atoms with Crippen LogP contribution in [0.5, 0.6) is 0 Å². The molecule has 1 amide bonds. The number of hydrogen-bond acceptors (Lipinski definition) is 5. The highest BCUT2D eigenvalue weighted by Gasteiger charge is 2.35. The molecule has 0 spiro atoms. The van der Waals surface area contributed by atoms with E-state index < -0.39 is 28.7 Å². The molecule has 1 heterocycles. The molecule has 1 atom stereocenters. The quantitative estimate of drug-likeness (QED) is 0.608. The molecule has 8 nitrogen and oxygen atoms in total. The Morgan fingerprint density at radius 1 is 1.33 bits per heavy atom. The van der Waals surface area contributed by atoms with Gasteiger partial charge in [0.25, 0.3) is 5.56 Å². The molecule has 0 fully saturated rings. The summed E-state index contributed by atoms with van der Waals surface area (Å²) in [6.45, 7) is 3.45. The second-order valence-electron chi connectivity index (χ2n) is 4.91. The van der Waals surface area contributed by atoms with Crippen molar-refractivity contribution in [2.75, 3.05) is 7.11 Å². The molecule has 1 rings (SSSR count). The SMILES string of the molecule is CCCC(C)(NC(=O)Cc1cc(=O)[nH]c(=O)[nH]1)C(=O)OC. The fraction of sp³-hybridized carbons (Fsp3) is 0.538. The Kier molecular flexibility index (Phi) is 5.45. The second kappa shape index (κ2) is 6.87. The van der Waals surface area contributed by atoms with E-state index >= 15 is 0 Å². The van der Waals surface area contributed by atoms with Crippen molar-refractivity contribution in [1.82, 2.24) is 15.3 Å². The van der Waals surface area contributed by atoms with Crippen LogP contribution in [0.2, 0.25) is 0 Å². The summed E-state index contributed by atoms with van der Waals surface area (Å²) < 4.78 is 4.69. The van der Waals surface area contributed by atoms with E-state index in [-0.39, 0.29) is 12.1 Å². The summed E-state index contributed by atoms with van der Waals surface area (Å²) in [6, 6.07) is 1.12. The summed E-state index contributed by atoms with van der Waals surface area (Å²) in [5.74, 6) is -1.03. The molecule has 0 saturated carbocycles. The van der Waals surface area contributed by atoms with E-state index in [0.29, 0.717) is 12.8 Å². The van der Waals surface area contributed by atoms with Gasteiger partial charge in [-0.3, -0.25) is 14.6 Å². The molecule has 0 aliphatic carbocycles. The van der Waals surface area contributed by atoms with Crippen LogP contribution < -0.4 is 16.6 Å². The van der Waals surface area contributed by atoms with Crippen LogP contribution in [0.25, 0.3) is 0 Å². The zero-order valence-corrected chi connectivity index (χ0v) is 12.2. The first-order valence-electron chi connectivity index (χ1n) is 6.52. The fourth-order valence-electron chi connectivity index (χ4n) is 2.08. The van der Waals surface area contributed by atoms with E-state index in [2.05, 4.69) is 10.3 Å². The van der Waals surface area contributed by atoms with Crippen molar-refractivity contribution in [2.24, 2.45) is 0 Å². The average Bonchev–Trinajstić information content (AvgIpc) is 2.36. The van der Waals surface area contributed by atoms with Gasteiger partial charge in [-0.15, -0.1) is 0 Å². The van der Waals surface area contributed by atoms with Crippen molar-refractivity contribution in [3.8, 4) is 0 Å². The van der Waals surface area contributed by atoms with E-state index in [1.54, 1.807) is 6.92 Å². The number of rotatable bonds is 6. The van der Waals surface area contributed by atoms with E-state index in [1.807, 2.05) is 11.9 Å². The minimum absolute atomic E-state index is 0.171. The van der Waals surface area contributed by atoms with Crippen molar-refractivity contribution in [2.45, 2.75) is 38.6 Å². The molecule has 116 valence electrons. The molecule has 21 heavy (non-hydrogen) atoms. The lowest BCUT2D eigenvalue weighted by molar-refractivity contribution is -0.150. The third-order valence-electron chi connectivity index (χ3n) is 2.97. The van der Waals surface area contributed by atoms with Gasteiger partial charge in [0.1, 0.15) is 5.54 Å². The molecule has 0 radical (unpaired) electrons. The largest absolute Gasteiger partial charge is 0.467 e. The molecule has 0 aromatic carbocycles. The second-order valence-corrected chi connectivity index (χ2v) is 4.91. The molecule has 0 aliphatic heterocycles. The summed E-state index contributed by atoms with van der Waals surface area (Å²) >= 11 is 0. The van der Waals surface area contributed by atoms with Crippen LogP contribution in [-0.2, 0) is 20.7 Å². The topological polar surface area (TPSA) is 121 Å². The zero-order valence-electron chi connectivity index (χ0n) is 12.2. The maximum Gasteiger partial charge on any atom is 0.331 e. The lowest BCUT2D eigenvalue weighted by Crippen LogP contribution is -2.53. The summed E-state index contributed by atoms with van der Waals surface area (Å²) in [7, 11) is 1.25. The number of aromatic nitrogens is 2. The Morgan fingerprint density at radius 3 is 2.52 bits per heavy atom. The Hall–Kier alpha value is -2.38. The third kappa shape index (κ3) is 4.59. The van der Waals surface area contributed by atoms with Gasteiger partial charge in [-0.25, -0.2) is 9.59 Å². The molecular formula is C13H19N3O5. The Bertz CT molecular complexity index is 605. The smallest absolute Gasteiger partial charge is 0.331 e. The van der Waals surface area contributed by atoms with Gasteiger partial charge in [0.05, 0.1) is 13.5 Å². The predicted molar refractivity (Wildman–Crippen MR) is 74.9 cm³/mol. The normalized spacial score (nSPS) is 13.3. The number of nitrogens with one attached hydrogen (secondary N) is 3. The maximum atomic E-state index is 12.0. The first-order valence-corrected chi connectivity index (χ1v) is 6.52.